The minimum absolute atomic E-state index is 0.484. The van der Waals surface area contributed by atoms with E-state index in [2.05, 4.69) is 25.9 Å². The lowest BCUT2D eigenvalue weighted by Crippen LogP contribution is -2.32. The second-order valence-electron chi connectivity index (χ2n) is 4.23. The van der Waals surface area contributed by atoms with Gasteiger partial charge in [-0.15, -0.1) is 0 Å². The number of aromatic nitrogens is 2. The van der Waals surface area contributed by atoms with Gasteiger partial charge in [0, 0.05) is 19.3 Å². The molecule has 1 atom stereocenters. The third-order valence-electron chi connectivity index (χ3n) is 2.94. The van der Waals surface area contributed by atoms with Gasteiger partial charge < -0.3 is 10.0 Å². The van der Waals surface area contributed by atoms with Crippen LogP contribution in [0.5, 0.6) is 0 Å². The lowest BCUT2D eigenvalue weighted by Gasteiger charge is -2.21. The van der Waals surface area contributed by atoms with Gasteiger partial charge in [0.25, 0.3) is 0 Å². The second-order valence-corrected chi connectivity index (χ2v) is 5.09. The molecule has 16 heavy (non-hydrogen) atoms. The predicted octanol–water partition coefficient (Wildman–Crippen LogP) is 1.54. The standard InChI is InChI=1S/C10H12BrN3O2/c1-10(9(15)16)2-3-14(5-10)8-7(11)4-12-6-13-8/h4,6H,2-3,5H2,1H3,(H,15,16). The lowest BCUT2D eigenvalue weighted by molar-refractivity contribution is -0.146. The predicted molar refractivity (Wildman–Crippen MR) is 62.3 cm³/mol. The number of carbonyl (C=O) groups is 1. The van der Waals surface area contributed by atoms with Crippen LogP contribution in [0.1, 0.15) is 13.3 Å². The van der Waals surface area contributed by atoms with Crippen LogP contribution in [-0.4, -0.2) is 34.1 Å². The van der Waals surface area contributed by atoms with Gasteiger partial charge in [-0.05, 0) is 29.3 Å². The molecule has 0 spiro atoms. The number of nitrogens with zero attached hydrogens (tertiary/aromatic N) is 3. The third-order valence-corrected chi connectivity index (χ3v) is 3.50. The van der Waals surface area contributed by atoms with Crippen molar-refractivity contribution in [3.63, 3.8) is 0 Å². The summed E-state index contributed by atoms with van der Waals surface area (Å²) in [4.78, 5) is 21.1. The summed E-state index contributed by atoms with van der Waals surface area (Å²) in [5.74, 6) is 0.0140. The number of hydrogen-bond acceptors (Lipinski definition) is 4. The first-order valence-corrected chi connectivity index (χ1v) is 5.76. The van der Waals surface area contributed by atoms with Crippen molar-refractivity contribution in [1.82, 2.24) is 9.97 Å². The molecule has 0 radical (unpaired) electrons. The maximum Gasteiger partial charge on any atom is 0.311 e. The van der Waals surface area contributed by atoms with Crippen molar-refractivity contribution in [1.29, 1.82) is 0 Å². The fourth-order valence-corrected chi connectivity index (χ4v) is 2.33. The van der Waals surface area contributed by atoms with E-state index in [0.717, 1.165) is 10.3 Å². The number of carboxylic acid groups (broad SMARTS) is 1. The summed E-state index contributed by atoms with van der Waals surface area (Å²) in [6.45, 7) is 2.96. The highest BCUT2D eigenvalue weighted by atomic mass is 79.9. The summed E-state index contributed by atoms with van der Waals surface area (Å²) in [6, 6.07) is 0. The maximum absolute atomic E-state index is 11.1. The molecule has 2 heterocycles. The molecule has 2 rings (SSSR count). The Balaban J connectivity index is 2.22. The SMILES string of the molecule is CC1(C(=O)O)CCN(c2ncncc2Br)C1. The first-order valence-electron chi connectivity index (χ1n) is 4.97. The maximum atomic E-state index is 11.1. The molecular formula is C10H12BrN3O2. The fraction of sp³-hybridized carbons (Fsp3) is 0.500. The summed E-state index contributed by atoms with van der Waals surface area (Å²) in [5.41, 5.74) is -0.676. The zero-order valence-electron chi connectivity index (χ0n) is 8.85. The van der Waals surface area contributed by atoms with Gasteiger partial charge in [-0.1, -0.05) is 0 Å². The number of hydrogen-bond donors (Lipinski definition) is 1. The van der Waals surface area contributed by atoms with E-state index in [4.69, 9.17) is 5.11 Å². The van der Waals surface area contributed by atoms with Crippen LogP contribution in [0.25, 0.3) is 0 Å². The summed E-state index contributed by atoms with van der Waals surface area (Å²) in [6.07, 6.45) is 3.77. The Labute approximate surface area is 102 Å². The van der Waals surface area contributed by atoms with Crippen molar-refractivity contribution < 1.29 is 9.90 Å². The molecule has 86 valence electrons. The highest BCUT2D eigenvalue weighted by Gasteiger charge is 2.41. The van der Waals surface area contributed by atoms with Crippen molar-refractivity contribution in [3.8, 4) is 0 Å². The van der Waals surface area contributed by atoms with E-state index >= 15 is 0 Å². The van der Waals surface area contributed by atoms with Crippen molar-refractivity contribution in [3.05, 3.63) is 17.0 Å². The molecule has 6 heteroatoms. The molecule has 1 aromatic heterocycles. The number of carboxylic acids is 1. The van der Waals surface area contributed by atoms with E-state index in [-0.39, 0.29) is 0 Å². The minimum atomic E-state index is -0.750. The van der Waals surface area contributed by atoms with E-state index in [9.17, 15) is 4.79 Å². The largest absolute Gasteiger partial charge is 0.481 e. The van der Waals surface area contributed by atoms with Crippen molar-refractivity contribution in [2.45, 2.75) is 13.3 Å². The number of anilines is 1. The average molecular weight is 286 g/mol. The van der Waals surface area contributed by atoms with Crippen LogP contribution >= 0.6 is 15.9 Å². The van der Waals surface area contributed by atoms with Gasteiger partial charge in [0.1, 0.15) is 12.1 Å². The van der Waals surface area contributed by atoms with E-state index in [1.165, 1.54) is 6.33 Å². The summed E-state index contributed by atoms with van der Waals surface area (Å²) in [5, 5.41) is 9.14. The zero-order chi connectivity index (χ0) is 11.8. The molecular weight excluding hydrogens is 274 g/mol. The summed E-state index contributed by atoms with van der Waals surface area (Å²) in [7, 11) is 0. The molecule has 1 aliphatic rings. The average Bonchev–Trinajstić information content (AvgIpc) is 2.63. The van der Waals surface area contributed by atoms with E-state index < -0.39 is 11.4 Å². The van der Waals surface area contributed by atoms with Crippen LogP contribution in [0.2, 0.25) is 0 Å². The molecule has 0 saturated carbocycles. The van der Waals surface area contributed by atoms with Gasteiger partial charge in [-0.3, -0.25) is 4.79 Å². The summed E-state index contributed by atoms with van der Waals surface area (Å²) >= 11 is 3.37. The quantitative estimate of drug-likeness (QED) is 0.893. The van der Waals surface area contributed by atoms with Gasteiger partial charge >= 0.3 is 5.97 Å². The Morgan fingerprint density at radius 1 is 1.69 bits per heavy atom. The molecule has 5 nitrogen and oxygen atoms in total. The lowest BCUT2D eigenvalue weighted by atomic mass is 9.90. The Morgan fingerprint density at radius 2 is 2.44 bits per heavy atom. The molecule has 1 aromatic rings. The van der Waals surface area contributed by atoms with Gasteiger partial charge in [0.2, 0.25) is 0 Å². The third kappa shape index (κ3) is 1.89. The molecule has 1 fully saturated rings. The first kappa shape index (κ1) is 11.3. The van der Waals surface area contributed by atoms with Crippen LogP contribution in [0.4, 0.5) is 5.82 Å². The number of rotatable bonds is 2. The first-order chi connectivity index (χ1) is 7.53. The highest BCUT2D eigenvalue weighted by molar-refractivity contribution is 9.10. The van der Waals surface area contributed by atoms with Crippen LogP contribution in [-0.2, 0) is 4.79 Å². The molecule has 0 aromatic carbocycles. The minimum Gasteiger partial charge on any atom is -0.481 e. The second kappa shape index (κ2) is 4.01. The highest BCUT2D eigenvalue weighted by Crippen LogP contribution is 2.34. The number of aliphatic carboxylic acids is 1. The molecule has 0 bridgehead atoms. The van der Waals surface area contributed by atoms with Gasteiger partial charge in [0.15, 0.2) is 0 Å². The Hall–Kier alpha value is -1.17. The summed E-state index contributed by atoms with van der Waals surface area (Å²) < 4.78 is 0.796. The molecule has 1 unspecified atom stereocenters. The van der Waals surface area contributed by atoms with Crippen LogP contribution in [0, 0.1) is 5.41 Å². The van der Waals surface area contributed by atoms with Crippen LogP contribution < -0.4 is 4.90 Å². The Kier molecular flexibility index (Phi) is 2.84. The smallest absolute Gasteiger partial charge is 0.311 e. The van der Waals surface area contributed by atoms with Crippen molar-refractivity contribution >= 4 is 27.7 Å². The van der Waals surface area contributed by atoms with E-state index in [1.807, 2.05) is 4.90 Å². The fourth-order valence-electron chi connectivity index (χ4n) is 1.86. The monoisotopic (exact) mass is 285 g/mol. The van der Waals surface area contributed by atoms with Gasteiger partial charge in [-0.2, -0.15) is 0 Å². The van der Waals surface area contributed by atoms with Crippen molar-refractivity contribution in [2.24, 2.45) is 5.41 Å². The van der Waals surface area contributed by atoms with Gasteiger partial charge in [0.05, 0.1) is 9.89 Å². The zero-order valence-corrected chi connectivity index (χ0v) is 10.4. The molecule has 0 amide bonds. The van der Waals surface area contributed by atoms with Gasteiger partial charge in [-0.25, -0.2) is 9.97 Å². The van der Waals surface area contributed by atoms with E-state index in [1.54, 1.807) is 13.1 Å². The Bertz CT molecular complexity index is 426. The molecule has 0 aliphatic carbocycles. The Morgan fingerprint density at radius 3 is 3.00 bits per heavy atom. The van der Waals surface area contributed by atoms with Crippen LogP contribution in [0.15, 0.2) is 17.0 Å². The molecule has 1 saturated heterocycles. The van der Waals surface area contributed by atoms with Crippen LogP contribution in [0.3, 0.4) is 0 Å². The van der Waals surface area contributed by atoms with E-state index in [0.29, 0.717) is 19.5 Å². The number of halogens is 1. The van der Waals surface area contributed by atoms with Crippen molar-refractivity contribution in [2.75, 3.05) is 18.0 Å². The topological polar surface area (TPSA) is 66.3 Å². The normalized spacial score (nSPS) is 24.8. The molecule has 1 aliphatic heterocycles. The molecule has 1 N–H and O–H groups in total.